The number of rotatable bonds is 6. The third kappa shape index (κ3) is 3.93. The molecule has 2 rings (SSSR count). The zero-order valence-corrected chi connectivity index (χ0v) is 12.1. The summed E-state index contributed by atoms with van der Waals surface area (Å²) >= 11 is 0. The van der Waals surface area contributed by atoms with Crippen molar-refractivity contribution in [3.8, 4) is 0 Å². The van der Waals surface area contributed by atoms with Crippen molar-refractivity contribution >= 4 is 5.69 Å². The van der Waals surface area contributed by atoms with Crippen LogP contribution in [0.4, 0.5) is 10.1 Å². The first-order valence-corrected chi connectivity index (χ1v) is 7.48. The first kappa shape index (κ1) is 14.3. The summed E-state index contributed by atoms with van der Waals surface area (Å²) in [5, 5.41) is 3.25. The van der Waals surface area contributed by atoms with Crippen LogP contribution in [0.15, 0.2) is 18.2 Å². The molecule has 106 valence electrons. The van der Waals surface area contributed by atoms with E-state index in [1.165, 1.54) is 19.3 Å². The molecule has 1 heterocycles. The van der Waals surface area contributed by atoms with Crippen molar-refractivity contribution in [2.24, 2.45) is 5.92 Å². The average molecular weight is 264 g/mol. The monoisotopic (exact) mass is 264 g/mol. The molecule has 1 aliphatic heterocycles. The van der Waals surface area contributed by atoms with E-state index >= 15 is 0 Å². The molecule has 0 bridgehead atoms. The Morgan fingerprint density at radius 1 is 1.32 bits per heavy atom. The highest BCUT2D eigenvalue weighted by atomic mass is 19.1. The fourth-order valence-corrected chi connectivity index (χ4v) is 2.90. The molecular weight excluding hydrogens is 239 g/mol. The Morgan fingerprint density at radius 2 is 2.16 bits per heavy atom. The fourth-order valence-electron chi connectivity index (χ4n) is 2.90. The molecule has 3 heteroatoms. The van der Waals surface area contributed by atoms with Gasteiger partial charge in [0, 0.05) is 25.3 Å². The van der Waals surface area contributed by atoms with E-state index in [0.29, 0.717) is 0 Å². The van der Waals surface area contributed by atoms with Gasteiger partial charge in [0.15, 0.2) is 0 Å². The molecule has 2 nitrogen and oxygen atoms in total. The summed E-state index contributed by atoms with van der Waals surface area (Å²) in [5.41, 5.74) is 2.09. The number of nitrogens with zero attached hydrogens (tertiary/aromatic N) is 1. The maximum atomic E-state index is 13.7. The molecule has 0 aliphatic carbocycles. The van der Waals surface area contributed by atoms with Crippen molar-refractivity contribution in [3.05, 3.63) is 29.6 Å². The Hall–Kier alpha value is -1.09. The van der Waals surface area contributed by atoms with E-state index < -0.39 is 0 Å². The Morgan fingerprint density at radius 3 is 2.89 bits per heavy atom. The summed E-state index contributed by atoms with van der Waals surface area (Å²) < 4.78 is 13.7. The summed E-state index contributed by atoms with van der Waals surface area (Å²) in [4.78, 5) is 2.33. The number of hydrogen-bond donors (Lipinski definition) is 1. The number of hydrogen-bond acceptors (Lipinski definition) is 2. The SMILES string of the molecule is CCCC1CCN(c2cc(F)cc(CNCC)c2)C1. The Kier molecular flexibility index (Phi) is 5.20. The summed E-state index contributed by atoms with van der Waals surface area (Å²) in [6.07, 6.45) is 3.77. The van der Waals surface area contributed by atoms with Crippen LogP contribution in [0, 0.1) is 11.7 Å². The van der Waals surface area contributed by atoms with E-state index in [1.807, 2.05) is 0 Å². The highest BCUT2D eigenvalue weighted by molar-refractivity contribution is 5.50. The molecule has 1 aliphatic rings. The number of halogens is 1. The second-order valence-electron chi connectivity index (χ2n) is 5.49. The van der Waals surface area contributed by atoms with Crippen LogP contribution in [0.2, 0.25) is 0 Å². The third-order valence-electron chi connectivity index (χ3n) is 3.87. The zero-order valence-electron chi connectivity index (χ0n) is 12.1. The highest BCUT2D eigenvalue weighted by Gasteiger charge is 2.22. The second kappa shape index (κ2) is 6.90. The standard InChI is InChI=1S/C16H25FN2/c1-3-5-13-6-7-19(12-13)16-9-14(11-18-4-2)8-15(17)10-16/h8-10,13,18H,3-7,11-12H2,1-2H3. The molecule has 0 saturated carbocycles. The van der Waals surface area contributed by atoms with Crippen LogP contribution in [0.5, 0.6) is 0 Å². The van der Waals surface area contributed by atoms with Gasteiger partial charge in [-0.25, -0.2) is 4.39 Å². The van der Waals surface area contributed by atoms with Crippen LogP contribution < -0.4 is 10.2 Å². The highest BCUT2D eigenvalue weighted by Crippen LogP contribution is 2.27. The van der Waals surface area contributed by atoms with E-state index in [9.17, 15) is 4.39 Å². The Balaban J connectivity index is 2.05. The van der Waals surface area contributed by atoms with Gasteiger partial charge in [-0.2, -0.15) is 0 Å². The molecule has 1 unspecified atom stereocenters. The lowest BCUT2D eigenvalue weighted by atomic mass is 10.0. The van der Waals surface area contributed by atoms with Gasteiger partial charge in [-0.3, -0.25) is 0 Å². The van der Waals surface area contributed by atoms with E-state index in [1.54, 1.807) is 12.1 Å². The minimum Gasteiger partial charge on any atom is -0.371 e. The summed E-state index contributed by atoms with van der Waals surface area (Å²) in [5.74, 6) is 0.662. The van der Waals surface area contributed by atoms with E-state index in [2.05, 4.69) is 30.1 Å². The van der Waals surface area contributed by atoms with Gasteiger partial charge < -0.3 is 10.2 Å². The van der Waals surface area contributed by atoms with Crippen LogP contribution in [0.25, 0.3) is 0 Å². The number of anilines is 1. The predicted molar refractivity (Wildman–Crippen MR) is 79.0 cm³/mol. The number of benzene rings is 1. The van der Waals surface area contributed by atoms with Crippen LogP contribution >= 0.6 is 0 Å². The van der Waals surface area contributed by atoms with Gasteiger partial charge in [0.25, 0.3) is 0 Å². The summed E-state index contributed by atoms with van der Waals surface area (Å²) in [6.45, 7) is 8.10. The molecule has 0 amide bonds. The molecule has 0 radical (unpaired) electrons. The van der Waals surface area contributed by atoms with Gasteiger partial charge in [0.1, 0.15) is 5.82 Å². The van der Waals surface area contributed by atoms with E-state index in [-0.39, 0.29) is 5.82 Å². The molecular formula is C16H25FN2. The molecule has 19 heavy (non-hydrogen) atoms. The van der Waals surface area contributed by atoms with Crippen LogP contribution in [-0.2, 0) is 6.54 Å². The van der Waals surface area contributed by atoms with Crippen LogP contribution in [0.3, 0.4) is 0 Å². The van der Waals surface area contributed by atoms with Crippen LogP contribution in [0.1, 0.15) is 38.7 Å². The lowest BCUT2D eigenvalue weighted by molar-refractivity contribution is 0.529. The van der Waals surface area contributed by atoms with Gasteiger partial charge in [-0.1, -0.05) is 20.3 Å². The van der Waals surface area contributed by atoms with Crippen molar-refractivity contribution in [3.63, 3.8) is 0 Å². The minimum absolute atomic E-state index is 0.121. The summed E-state index contributed by atoms with van der Waals surface area (Å²) in [7, 11) is 0. The molecule has 0 spiro atoms. The van der Waals surface area contributed by atoms with Gasteiger partial charge >= 0.3 is 0 Å². The normalized spacial score (nSPS) is 19.1. The minimum atomic E-state index is -0.121. The lowest BCUT2D eigenvalue weighted by Crippen LogP contribution is -2.20. The molecule has 1 atom stereocenters. The molecule has 0 aromatic heterocycles. The van der Waals surface area contributed by atoms with E-state index in [4.69, 9.17) is 0 Å². The Bertz CT molecular complexity index is 406. The van der Waals surface area contributed by atoms with Crippen LogP contribution in [-0.4, -0.2) is 19.6 Å². The zero-order chi connectivity index (χ0) is 13.7. The molecule has 1 fully saturated rings. The topological polar surface area (TPSA) is 15.3 Å². The maximum Gasteiger partial charge on any atom is 0.125 e. The fraction of sp³-hybridized carbons (Fsp3) is 0.625. The van der Waals surface area contributed by atoms with Gasteiger partial charge in [0.05, 0.1) is 0 Å². The van der Waals surface area contributed by atoms with Gasteiger partial charge in [-0.15, -0.1) is 0 Å². The molecule has 1 aromatic rings. The summed E-state index contributed by atoms with van der Waals surface area (Å²) in [6, 6.07) is 5.43. The van der Waals surface area contributed by atoms with Crippen molar-refractivity contribution in [1.29, 1.82) is 0 Å². The molecule has 1 aromatic carbocycles. The molecule has 1 N–H and O–H groups in total. The first-order chi connectivity index (χ1) is 9.22. The average Bonchev–Trinajstić information content (AvgIpc) is 2.85. The quantitative estimate of drug-likeness (QED) is 0.845. The lowest BCUT2D eigenvalue weighted by Gasteiger charge is -2.20. The third-order valence-corrected chi connectivity index (χ3v) is 3.87. The van der Waals surface area contributed by atoms with Crippen molar-refractivity contribution in [1.82, 2.24) is 5.32 Å². The second-order valence-corrected chi connectivity index (χ2v) is 5.49. The Labute approximate surface area is 116 Å². The van der Waals surface area contributed by atoms with Crippen molar-refractivity contribution in [2.75, 3.05) is 24.5 Å². The largest absolute Gasteiger partial charge is 0.371 e. The molecule has 1 saturated heterocycles. The van der Waals surface area contributed by atoms with Crippen molar-refractivity contribution < 1.29 is 4.39 Å². The predicted octanol–water partition coefficient (Wildman–Crippen LogP) is 3.56. The first-order valence-electron chi connectivity index (χ1n) is 7.48. The smallest absolute Gasteiger partial charge is 0.125 e. The number of nitrogens with one attached hydrogen (secondary N) is 1. The van der Waals surface area contributed by atoms with Crippen molar-refractivity contribution in [2.45, 2.75) is 39.7 Å². The maximum absolute atomic E-state index is 13.7. The van der Waals surface area contributed by atoms with E-state index in [0.717, 1.165) is 43.3 Å². The van der Waals surface area contributed by atoms with Gasteiger partial charge in [0.2, 0.25) is 0 Å². The van der Waals surface area contributed by atoms with Gasteiger partial charge in [-0.05, 0) is 49.1 Å².